The number of hydrogen-bond acceptors (Lipinski definition) is 1. The van der Waals surface area contributed by atoms with E-state index in [0.717, 1.165) is 18.9 Å². The lowest BCUT2D eigenvalue weighted by Gasteiger charge is -2.35. The van der Waals surface area contributed by atoms with E-state index in [1.54, 1.807) is 0 Å². The summed E-state index contributed by atoms with van der Waals surface area (Å²) in [5, 5.41) is 0. The molecule has 0 amide bonds. The van der Waals surface area contributed by atoms with Gasteiger partial charge >= 0.3 is 0 Å². The summed E-state index contributed by atoms with van der Waals surface area (Å²) in [6.45, 7) is 12.5. The molecule has 0 N–H and O–H groups in total. The zero-order valence-electron chi connectivity index (χ0n) is 26.3. The molecule has 1 unspecified atom stereocenters. The molecule has 0 fully saturated rings. The molecule has 0 aliphatic heterocycles. The van der Waals surface area contributed by atoms with Gasteiger partial charge in [0.1, 0.15) is 0 Å². The molecule has 36 heavy (non-hydrogen) atoms. The highest BCUT2D eigenvalue weighted by Gasteiger charge is 2.29. The van der Waals surface area contributed by atoms with Crippen molar-refractivity contribution in [2.75, 3.05) is 6.61 Å². The van der Waals surface area contributed by atoms with Gasteiger partial charge in [0.2, 0.25) is 0 Å². The first-order chi connectivity index (χ1) is 17.6. The summed E-state index contributed by atoms with van der Waals surface area (Å²) in [6.07, 6.45) is 38.5. The minimum atomic E-state index is 0.0497. The fourth-order valence-corrected chi connectivity index (χ4v) is 5.79. The van der Waals surface area contributed by atoms with Crippen LogP contribution in [0.4, 0.5) is 0 Å². The summed E-state index contributed by atoms with van der Waals surface area (Å²) in [5.74, 6) is 0.733. The highest BCUT2D eigenvalue weighted by atomic mass is 16.5. The molecule has 1 atom stereocenters. The van der Waals surface area contributed by atoms with Gasteiger partial charge in [0, 0.05) is 6.61 Å². The van der Waals surface area contributed by atoms with Crippen molar-refractivity contribution < 1.29 is 4.74 Å². The molecule has 1 heteroatoms. The van der Waals surface area contributed by atoms with E-state index in [4.69, 9.17) is 4.74 Å². The zero-order chi connectivity index (χ0) is 26.6. The van der Waals surface area contributed by atoms with Gasteiger partial charge in [-0.1, -0.05) is 175 Å². The van der Waals surface area contributed by atoms with Crippen LogP contribution >= 0.6 is 0 Å². The summed E-state index contributed by atoms with van der Waals surface area (Å²) >= 11 is 0. The first kappa shape index (κ1) is 36.0. The molecule has 0 spiro atoms. The van der Waals surface area contributed by atoms with Crippen LogP contribution in [-0.4, -0.2) is 12.2 Å². The highest BCUT2D eigenvalue weighted by molar-refractivity contribution is 4.80. The fourth-order valence-electron chi connectivity index (χ4n) is 5.79. The third kappa shape index (κ3) is 24.3. The second-order valence-electron chi connectivity index (χ2n) is 12.5. The standard InChI is InChI=1S/C35H72O/c1-6-9-11-13-15-16-17-18-19-20-21-22-23-24-25-26-28-30-32-34(35(4,5)36-33-8-3)31-29-27-14-12-10-7-2/h34H,6-33H2,1-5H3. The number of hydrogen-bond donors (Lipinski definition) is 0. The quantitative estimate of drug-likeness (QED) is 0.0876. The van der Waals surface area contributed by atoms with E-state index in [9.17, 15) is 0 Å². The maximum absolute atomic E-state index is 6.32. The van der Waals surface area contributed by atoms with Crippen molar-refractivity contribution in [3.63, 3.8) is 0 Å². The predicted octanol–water partition coefficient (Wildman–Crippen LogP) is 13.0. The summed E-state index contributed by atoms with van der Waals surface area (Å²) in [4.78, 5) is 0. The maximum atomic E-state index is 6.32. The van der Waals surface area contributed by atoms with E-state index < -0.39 is 0 Å². The highest BCUT2D eigenvalue weighted by Crippen LogP contribution is 2.32. The van der Waals surface area contributed by atoms with Gasteiger partial charge in [-0.25, -0.2) is 0 Å². The van der Waals surface area contributed by atoms with Gasteiger partial charge in [0.15, 0.2) is 0 Å². The molecule has 0 saturated heterocycles. The largest absolute Gasteiger partial charge is 0.375 e. The van der Waals surface area contributed by atoms with E-state index >= 15 is 0 Å². The van der Waals surface area contributed by atoms with E-state index in [1.807, 2.05) is 0 Å². The molecular formula is C35H72O. The van der Waals surface area contributed by atoms with Crippen LogP contribution < -0.4 is 0 Å². The minimum absolute atomic E-state index is 0.0497. The Kier molecular flexibility index (Phi) is 27.9. The molecule has 0 heterocycles. The van der Waals surface area contributed by atoms with Crippen molar-refractivity contribution in [1.82, 2.24) is 0 Å². The smallest absolute Gasteiger partial charge is 0.0654 e. The van der Waals surface area contributed by atoms with Gasteiger partial charge in [-0.15, -0.1) is 0 Å². The summed E-state index contributed by atoms with van der Waals surface area (Å²) in [6, 6.07) is 0. The van der Waals surface area contributed by atoms with Crippen LogP contribution in [0.2, 0.25) is 0 Å². The Labute approximate surface area is 230 Å². The van der Waals surface area contributed by atoms with Crippen molar-refractivity contribution in [3.8, 4) is 0 Å². The van der Waals surface area contributed by atoms with E-state index in [2.05, 4.69) is 34.6 Å². The van der Waals surface area contributed by atoms with Crippen LogP contribution in [0.25, 0.3) is 0 Å². The third-order valence-electron chi connectivity index (χ3n) is 8.47. The average molecular weight is 509 g/mol. The fraction of sp³-hybridized carbons (Fsp3) is 1.00. The number of ether oxygens (including phenoxy) is 1. The van der Waals surface area contributed by atoms with Crippen LogP contribution in [0.1, 0.15) is 208 Å². The Morgan fingerprint density at radius 2 is 0.667 bits per heavy atom. The minimum Gasteiger partial charge on any atom is -0.375 e. The first-order valence-corrected chi connectivity index (χ1v) is 17.2. The number of unbranched alkanes of at least 4 members (excludes halogenated alkanes) is 22. The van der Waals surface area contributed by atoms with Gasteiger partial charge < -0.3 is 4.74 Å². The molecule has 0 aromatic heterocycles. The lowest BCUT2D eigenvalue weighted by Crippen LogP contribution is -2.35. The Morgan fingerprint density at radius 1 is 0.389 bits per heavy atom. The van der Waals surface area contributed by atoms with Gasteiger partial charge in [-0.2, -0.15) is 0 Å². The maximum Gasteiger partial charge on any atom is 0.0654 e. The summed E-state index contributed by atoms with van der Waals surface area (Å²) in [7, 11) is 0. The molecule has 0 rings (SSSR count). The van der Waals surface area contributed by atoms with Crippen molar-refractivity contribution in [2.45, 2.75) is 214 Å². The average Bonchev–Trinajstić information content (AvgIpc) is 2.87. The monoisotopic (exact) mass is 509 g/mol. The normalized spacial score (nSPS) is 12.9. The van der Waals surface area contributed by atoms with E-state index in [1.165, 1.54) is 167 Å². The van der Waals surface area contributed by atoms with Crippen LogP contribution in [0.5, 0.6) is 0 Å². The predicted molar refractivity (Wildman–Crippen MR) is 165 cm³/mol. The van der Waals surface area contributed by atoms with E-state index in [-0.39, 0.29) is 5.60 Å². The molecule has 0 radical (unpaired) electrons. The Hall–Kier alpha value is -0.0400. The SMILES string of the molecule is CCCCCCCCCCCCCCCCCCCCC(CCCCCCCC)C(C)(C)OCCC. The molecule has 218 valence electrons. The van der Waals surface area contributed by atoms with Crippen LogP contribution in [0.15, 0.2) is 0 Å². The third-order valence-corrected chi connectivity index (χ3v) is 8.47. The molecule has 0 aliphatic carbocycles. The molecule has 0 bridgehead atoms. The Morgan fingerprint density at radius 3 is 0.944 bits per heavy atom. The molecular weight excluding hydrogens is 436 g/mol. The topological polar surface area (TPSA) is 9.23 Å². The van der Waals surface area contributed by atoms with Crippen LogP contribution in [0.3, 0.4) is 0 Å². The first-order valence-electron chi connectivity index (χ1n) is 17.2. The molecule has 0 saturated carbocycles. The van der Waals surface area contributed by atoms with Gasteiger partial charge in [0.05, 0.1) is 5.60 Å². The second kappa shape index (κ2) is 28.0. The lowest BCUT2D eigenvalue weighted by atomic mass is 9.82. The van der Waals surface area contributed by atoms with Gasteiger partial charge in [-0.3, -0.25) is 0 Å². The molecule has 0 aliphatic rings. The number of rotatable bonds is 30. The second-order valence-corrected chi connectivity index (χ2v) is 12.5. The van der Waals surface area contributed by atoms with E-state index in [0.29, 0.717) is 0 Å². The Balaban J connectivity index is 3.70. The molecule has 1 nitrogen and oxygen atoms in total. The van der Waals surface area contributed by atoms with Crippen LogP contribution in [0, 0.1) is 5.92 Å². The van der Waals surface area contributed by atoms with Crippen LogP contribution in [-0.2, 0) is 4.74 Å². The van der Waals surface area contributed by atoms with Gasteiger partial charge in [0.25, 0.3) is 0 Å². The van der Waals surface area contributed by atoms with Crippen molar-refractivity contribution >= 4 is 0 Å². The van der Waals surface area contributed by atoms with Crippen molar-refractivity contribution in [1.29, 1.82) is 0 Å². The van der Waals surface area contributed by atoms with Gasteiger partial charge in [-0.05, 0) is 39.0 Å². The Bertz CT molecular complexity index is 401. The summed E-state index contributed by atoms with van der Waals surface area (Å²) < 4.78 is 6.32. The molecule has 0 aromatic carbocycles. The zero-order valence-corrected chi connectivity index (χ0v) is 26.3. The summed E-state index contributed by atoms with van der Waals surface area (Å²) in [5.41, 5.74) is 0.0497. The van der Waals surface area contributed by atoms with Crippen molar-refractivity contribution in [3.05, 3.63) is 0 Å². The lowest BCUT2D eigenvalue weighted by molar-refractivity contribution is -0.0659. The van der Waals surface area contributed by atoms with Crippen molar-refractivity contribution in [2.24, 2.45) is 5.92 Å². The molecule has 0 aromatic rings.